The quantitative estimate of drug-likeness (QED) is 0.867. The van der Waals surface area contributed by atoms with Gasteiger partial charge < -0.3 is 15.5 Å². The second kappa shape index (κ2) is 5.37. The lowest BCUT2D eigenvalue weighted by molar-refractivity contribution is -0.125. The lowest BCUT2D eigenvalue weighted by atomic mass is 9.85. The van der Waals surface area contributed by atoms with Crippen LogP contribution in [0.5, 0.6) is 0 Å². The van der Waals surface area contributed by atoms with E-state index in [2.05, 4.69) is 10.6 Å². The van der Waals surface area contributed by atoms with E-state index in [1.165, 1.54) is 0 Å². The number of carbonyl (C=O) groups is 3. The number of amides is 3. The van der Waals surface area contributed by atoms with Crippen LogP contribution in [0.15, 0.2) is 18.2 Å². The molecule has 1 atom stereocenters. The summed E-state index contributed by atoms with van der Waals surface area (Å²) >= 11 is 0. The Morgan fingerprint density at radius 2 is 2.13 bits per heavy atom. The van der Waals surface area contributed by atoms with Crippen molar-refractivity contribution in [2.45, 2.75) is 44.7 Å². The highest BCUT2D eigenvalue weighted by atomic mass is 16.2. The number of anilines is 1. The Kier molecular flexibility index (Phi) is 3.62. The summed E-state index contributed by atoms with van der Waals surface area (Å²) in [7, 11) is 1.78. The maximum atomic E-state index is 12.3. The lowest BCUT2D eigenvalue weighted by Crippen LogP contribution is -2.41. The third kappa shape index (κ3) is 2.58. The molecule has 6 heteroatoms. The van der Waals surface area contributed by atoms with Crippen LogP contribution >= 0.6 is 0 Å². The van der Waals surface area contributed by atoms with Gasteiger partial charge in [0.2, 0.25) is 17.7 Å². The molecule has 1 aromatic carbocycles. The van der Waals surface area contributed by atoms with Crippen LogP contribution in [0.2, 0.25) is 0 Å². The lowest BCUT2D eigenvalue weighted by Gasteiger charge is -2.17. The maximum Gasteiger partial charge on any atom is 0.242 e. The van der Waals surface area contributed by atoms with Crippen LogP contribution in [0.25, 0.3) is 0 Å². The molecule has 1 saturated heterocycles. The highest BCUT2D eigenvalue weighted by Crippen LogP contribution is 2.40. The predicted octanol–water partition coefficient (Wildman–Crippen LogP) is 0.835. The van der Waals surface area contributed by atoms with E-state index < -0.39 is 11.5 Å². The van der Waals surface area contributed by atoms with Gasteiger partial charge in [-0.1, -0.05) is 12.1 Å². The first-order valence-corrected chi connectivity index (χ1v) is 7.79. The van der Waals surface area contributed by atoms with Crippen LogP contribution in [0.1, 0.15) is 37.8 Å². The number of benzene rings is 1. The first kappa shape index (κ1) is 15.5. The number of carbonyl (C=O) groups excluding carboxylic acids is 3. The zero-order chi connectivity index (χ0) is 16.8. The Labute approximate surface area is 135 Å². The molecule has 3 rings (SSSR count). The molecule has 0 spiro atoms. The van der Waals surface area contributed by atoms with Crippen LogP contribution in [-0.4, -0.2) is 30.8 Å². The molecule has 2 heterocycles. The second-order valence-electron chi connectivity index (χ2n) is 6.72. The largest absolute Gasteiger partial charge is 0.350 e. The summed E-state index contributed by atoms with van der Waals surface area (Å²) in [5.41, 5.74) is 2.28. The van der Waals surface area contributed by atoms with Gasteiger partial charge in [-0.25, -0.2) is 0 Å². The average Bonchev–Trinajstić information content (AvgIpc) is 3.03. The highest BCUT2D eigenvalue weighted by Gasteiger charge is 2.42. The van der Waals surface area contributed by atoms with Gasteiger partial charge in [-0.3, -0.25) is 14.4 Å². The Morgan fingerprint density at radius 1 is 1.39 bits per heavy atom. The van der Waals surface area contributed by atoms with Gasteiger partial charge in [0.15, 0.2) is 0 Å². The number of likely N-dealkylation sites (N-methyl/N-ethyl adjacent to an activating group) is 1. The van der Waals surface area contributed by atoms with E-state index >= 15 is 0 Å². The number of nitrogens with one attached hydrogen (secondary N) is 2. The summed E-state index contributed by atoms with van der Waals surface area (Å²) in [6, 6.07) is 5.38. The van der Waals surface area contributed by atoms with Crippen molar-refractivity contribution in [1.82, 2.24) is 10.6 Å². The van der Waals surface area contributed by atoms with Gasteiger partial charge in [-0.2, -0.15) is 0 Å². The number of fused-ring (bicyclic) bond motifs is 1. The van der Waals surface area contributed by atoms with E-state index in [-0.39, 0.29) is 17.7 Å². The fourth-order valence-electron chi connectivity index (χ4n) is 3.25. The van der Waals surface area contributed by atoms with Crippen molar-refractivity contribution in [2.75, 3.05) is 11.9 Å². The Hall–Kier alpha value is -2.37. The summed E-state index contributed by atoms with van der Waals surface area (Å²) in [6.45, 7) is 4.20. The van der Waals surface area contributed by atoms with Gasteiger partial charge in [-0.05, 0) is 37.5 Å². The molecule has 6 nitrogen and oxygen atoms in total. The molecule has 122 valence electrons. The molecule has 0 bridgehead atoms. The SMILES string of the molecule is CN1C(=O)C(C)(C)c2cc(CNC(=O)C3CCC(=O)N3)ccc21. The zero-order valence-electron chi connectivity index (χ0n) is 13.6. The van der Waals surface area contributed by atoms with Crippen molar-refractivity contribution in [3.05, 3.63) is 29.3 Å². The standard InChI is InChI=1S/C17H21N3O3/c1-17(2)11-8-10(4-6-13(11)20(3)16(17)23)9-18-15(22)12-5-7-14(21)19-12/h4,6,8,12H,5,7,9H2,1-3H3,(H,18,22)(H,19,21). The first-order valence-electron chi connectivity index (χ1n) is 7.79. The molecule has 0 aromatic heterocycles. The molecule has 2 aliphatic rings. The number of nitrogens with zero attached hydrogens (tertiary/aromatic N) is 1. The van der Waals surface area contributed by atoms with Gasteiger partial charge in [0, 0.05) is 25.7 Å². The Morgan fingerprint density at radius 3 is 2.78 bits per heavy atom. The summed E-state index contributed by atoms with van der Waals surface area (Å²) in [5, 5.41) is 5.50. The minimum atomic E-state index is -0.552. The molecule has 1 unspecified atom stereocenters. The van der Waals surface area contributed by atoms with Crippen molar-refractivity contribution < 1.29 is 14.4 Å². The van der Waals surface area contributed by atoms with Crippen molar-refractivity contribution in [3.8, 4) is 0 Å². The van der Waals surface area contributed by atoms with Crippen LogP contribution in [-0.2, 0) is 26.3 Å². The van der Waals surface area contributed by atoms with Crippen molar-refractivity contribution in [3.63, 3.8) is 0 Å². The molecule has 0 radical (unpaired) electrons. The third-order valence-corrected chi connectivity index (χ3v) is 4.71. The molecule has 2 aliphatic heterocycles. The predicted molar refractivity (Wildman–Crippen MR) is 85.9 cm³/mol. The van der Waals surface area contributed by atoms with Crippen LogP contribution < -0.4 is 15.5 Å². The van der Waals surface area contributed by atoms with Crippen LogP contribution in [0, 0.1) is 0 Å². The fourth-order valence-corrected chi connectivity index (χ4v) is 3.25. The third-order valence-electron chi connectivity index (χ3n) is 4.71. The number of hydrogen-bond donors (Lipinski definition) is 2. The molecule has 2 N–H and O–H groups in total. The fraction of sp³-hybridized carbons (Fsp3) is 0.471. The zero-order valence-corrected chi connectivity index (χ0v) is 13.6. The molecule has 0 aliphatic carbocycles. The van der Waals surface area contributed by atoms with E-state index in [4.69, 9.17) is 0 Å². The number of hydrogen-bond acceptors (Lipinski definition) is 3. The maximum absolute atomic E-state index is 12.3. The number of rotatable bonds is 3. The van der Waals surface area contributed by atoms with E-state index in [1.54, 1.807) is 11.9 Å². The molecule has 23 heavy (non-hydrogen) atoms. The van der Waals surface area contributed by atoms with E-state index in [9.17, 15) is 14.4 Å². The van der Waals surface area contributed by atoms with Crippen LogP contribution in [0.3, 0.4) is 0 Å². The average molecular weight is 315 g/mol. The Bertz CT molecular complexity index is 696. The first-order chi connectivity index (χ1) is 10.8. The van der Waals surface area contributed by atoms with Crippen LogP contribution in [0.4, 0.5) is 5.69 Å². The summed E-state index contributed by atoms with van der Waals surface area (Å²) in [6.07, 6.45) is 0.945. The van der Waals surface area contributed by atoms with Gasteiger partial charge >= 0.3 is 0 Å². The highest BCUT2D eigenvalue weighted by molar-refractivity contribution is 6.07. The second-order valence-corrected chi connectivity index (χ2v) is 6.72. The molecular weight excluding hydrogens is 294 g/mol. The minimum absolute atomic E-state index is 0.0716. The normalized spacial score (nSPS) is 22.0. The monoisotopic (exact) mass is 315 g/mol. The van der Waals surface area contributed by atoms with E-state index in [0.717, 1.165) is 16.8 Å². The minimum Gasteiger partial charge on any atom is -0.350 e. The molecular formula is C17H21N3O3. The van der Waals surface area contributed by atoms with Gasteiger partial charge in [0.1, 0.15) is 6.04 Å². The molecule has 1 aromatic rings. The van der Waals surface area contributed by atoms with Crippen molar-refractivity contribution >= 4 is 23.4 Å². The molecule has 1 fully saturated rings. The van der Waals surface area contributed by atoms with Crippen molar-refractivity contribution in [2.24, 2.45) is 0 Å². The molecule has 0 saturated carbocycles. The smallest absolute Gasteiger partial charge is 0.242 e. The molecule has 3 amide bonds. The summed E-state index contributed by atoms with van der Waals surface area (Å²) < 4.78 is 0. The summed E-state index contributed by atoms with van der Waals surface area (Å²) in [4.78, 5) is 37.2. The van der Waals surface area contributed by atoms with Gasteiger partial charge in [-0.15, -0.1) is 0 Å². The van der Waals surface area contributed by atoms with Crippen molar-refractivity contribution in [1.29, 1.82) is 0 Å². The van der Waals surface area contributed by atoms with Gasteiger partial charge in [0.25, 0.3) is 0 Å². The van der Waals surface area contributed by atoms with Gasteiger partial charge in [0.05, 0.1) is 5.41 Å². The summed E-state index contributed by atoms with van der Waals surface area (Å²) in [5.74, 6) is -0.169. The van der Waals surface area contributed by atoms with E-state index in [0.29, 0.717) is 19.4 Å². The Balaban J connectivity index is 1.71. The van der Waals surface area contributed by atoms with E-state index in [1.807, 2.05) is 32.0 Å². The topological polar surface area (TPSA) is 78.5 Å².